The van der Waals surface area contributed by atoms with Crippen LogP contribution >= 0.6 is 0 Å². The lowest BCUT2D eigenvalue weighted by atomic mass is 9.86. The smallest absolute Gasteiger partial charge is 0.164 e. The van der Waals surface area contributed by atoms with Gasteiger partial charge in [-0.1, -0.05) is 194 Å². The molecule has 0 amide bonds. The molecule has 0 radical (unpaired) electrons. The van der Waals surface area contributed by atoms with Crippen molar-refractivity contribution in [2.75, 3.05) is 0 Å². The molecule has 0 bridgehead atoms. The Hall–Kier alpha value is -8.26. The molecule has 0 aliphatic rings. The molecule has 0 aliphatic heterocycles. The van der Waals surface area contributed by atoms with Crippen molar-refractivity contribution < 1.29 is 0 Å². The second kappa shape index (κ2) is 15.9. The summed E-state index contributed by atoms with van der Waals surface area (Å²) >= 11 is 0. The molecule has 4 nitrogen and oxygen atoms in total. The van der Waals surface area contributed by atoms with Crippen LogP contribution in [0.25, 0.3) is 101 Å². The van der Waals surface area contributed by atoms with Crippen LogP contribution in [0.3, 0.4) is 0 Å². The molecular formula is C56H36N4. The van der Waals surface area contributed by atoms with Gasteiger partial charge in [0.2, 0.25) is 0 Å². The highest BCUT2D eigenvalue weighted by Crippen LogP contribution is 2.42. The van der Waals surface area contributed by atoms with Gasteiger partial charge >= 0.3 is 0 Å². The molecule has 9 aromatic carbocycles. The van der Waals surface area contributed by atoms with Crippen LogP contribution in [0.15, 0.2) is 218 Å². The van der Waals surface area contributed by atoms with E-state index in [2.05, 4.69) is 182 Å². The third-order valence-corrected chi connectivity index (χ3v) is 11.0. The number of benzene rings is 9. The fourth-order valence-corrected chi connectivity index (χ4v) is 7.92. The summed E-state index contributed by atoms with van der Waals surface area (Å²) in [5, 5.41) is 11.9. The van der Waals surface area contributed by atoms with E-state index in [0.717, 1.165) is 61.2 Å². The molecule has 0 fully saturated rings. The van der Waals surface area contributed by atoms with E-state index in [1.54, 1.807) is 0 Å². The number of hydrogen-bond acceptors (Lipinski definition) is 4. The van der Waals surface area contributed by atoms with Crippen molar-refractivity contribution in [3.8, 4) is 95.9 Å². The van der Waals surface area contributed by atoms with E-state index in [-0.39, 0.29) is 0 Å². The zero-order valence-electron chi connectivity index (χ0n) is 32.6. The van der Waals surface area contributed by atoms with E-state index in [4.69, 9.17) is 15.0 Å². The maximum absolute atomic E-state index is 9.48. The summed E-state index contributed by atoms with van der Waals surface area (Å²) in [6, 6.07) is 77.8. The van der Waals surface area contributed by atoms with Gasteiger partial charge in [-0.05, 0) is 90.7 Å². The van der Waals surface area contributed by atoms with Gasteiger partial charge < -0.3 is 0 Å². The van der Waals surface area contributed by atoms with Crippen LogP contribution in [-0.4, -0.2) is 15.0 Å². The fourth-order valence-electron chi connectivity index (χ4n) is 7.92. The first-order valence-corrected chi connectivity index (χ1v) is 20.0. The van der Waals surface area contributed by atoms with Crippen LogP contribution in [0, 0.1) is 11.3 Å². The number of hydrogen-bond donors (Lipinski definition) is 0. The Morgan fingerprint density at radius 1 is 0.283 bits per heavy atom. The molecule has 0 saturated carbocycles. The molecule has 0 unspecified atom stereocenters. The minimum absolute atomic E-state index is 0.577. The molecule has 280 valence electrons. The lowest BCUT2D eigenvalue weighted by Crippen LogP contribution is -2.00. The largest absolute Gasteiger partial charge is 0.208 e. The Balaban J connectivity index is 1.10. The van der Waals surface area contributed by atoms with Gasteiger partial charge in [0.1, 0.15) is 0 Å². The maximum atomic E-state index is 9.48. The van der Waals surface area contributed by atoms with Crippen molar-refractivity contribution in [2.24, 2.45) is 0 Å². The van der Waals surface area contributed by atoms with E-state index in [0.29, 0.717) is 23.0 Å². The molecule has 1 heterocycles. The zero-order valence-corrected chi connectivity index (χ0v) is 32.6. The molecule has 0 saturated heterocycles. The van der Waals surface area contributed by atoms with Gasteiger partial charge in [-0.3, -0.25) is 0 Å². The van der Waals surface area contributed by atoms with Gasteiger partial charge in [-0.2, -0.15) is 5.26 Å². The predicted molar refractivity (Wildman–Crippen MR) is 246 cm³/mol. The van der Waals surface area contributed by atoms with Gasteiger partial charge in [-0.15, -0.1) is 0 Å². The quantitative estimate of drug-likeness (QED) is 0.155. The number of nitriles is 1. The topological polar surface area (TPSA) is 62.5 Å². The Morgan fingerprint density at radius 2 is 0.733 bits per heavy atom. The molecule has 0 spiro atoms. The molecule has 10 aromatic rings. The van der Waals surface area contributed by atoms with Crippen molar-refractivity contribution in [1.82, 2.24) is 15.0 Å². The summed E-state index contributed by atoms with van der Waals surface area (Å²) in [5.41, 5.74) is 14.4. The molecule has 0 aliphatic carbocycles. The van der Waals surface area contributed by atoms with Gasteiger partial charge in [0.05, 0.1) is 11.6 Å². The highest BCUT2D eigenvalue weighted by atomic mass is 15.0. The van der Waals surface area contributed by atoms with Crippen LogP contribution < -0.4 is 0 Å². The van der Waals surface area contributed by atoms with E-state index in [1.165, 1.54) is 21.9 Å². The SMILES string of the molecule is N#Cc1cccc(-c2ccc(-c3nc(-c4ccc(-c5ccccc5)cc4)nc(-c4cccc(-c5cccc(-c6ccccc6)c5-c5ccc6ccccc6c5)c4)n3)cc2)c1. The second-order valence-electron chi connectivity index (χ2n) is 14.8. The molecule has 0 atom stereocenters. The number of nitrogens with zero attached hydrogens (tertiary/aromatic N) is 4. The minimum Gasteiger partial charge on any atom is -0.208 e. The van der Waals surface area contributed by atoms with Crippen molar-refractivity contribution >= 4 is 10.8 Å². The molecule has 1 aromatic heterocycles. The fraction of sp³-hybridized carbons (Fsp3) is 0. The standard InChI is InChI=1S/C56H36N4/c57-37-38-12-9-19-46(34-38)42-26-31-45(32-27-42)55-58-54(44-29-24-41(25-30-44)39-13-3-1-4-14-39)59-56(60-55)50-21-10-20-48(36-50)52-23-11-22-51(43-16-5-2-6-17-43)53(52)49-33-28-40-15-7-8-18-47(40)35-49/h1-36H. The van der Waals surface area contributed by atoms with Crippen LogP contribution in [0.4, 0.5) is 0 Å². The van der Waals surface area contributed by atoms with Gasteiger partial charge in [0.25, 0.3) is 0 Å². The zero-order chi connectivity index (χ0) is 40.3. The van der Waals surface area contributed by atoms with E-state index >= 15 is 0 Å². The molecule has 4 heteroatoms. The Bertz CT molecular complexity index is 3190. The Labute approximate surface area is 349 Å². The first-order valence-electron chi connectivity index (χ1n) is 20.0. The first kappa shape index (κ1) is 36.1. The first-order chi connectivity index (χ1) is 29.7. The van der Waals surface area contributed by atoms with Crippen molar-refractivity contribution in [2.45, 2.75) is 0 Å². The van der Waals surface area contributed by atoms with E-state index < -0.39 is 0 Å². The van der Waals surface area contributed by atoms with Gasteiger partial charge in [0, 0.05) is 16.7 Å². The highest BCUT2D eigenvalue weighted by Gasteiger charge is 2.18. The van der Waals surface area contributed by atoms with E-state index in [9.17, 15) is 5.26 Å². The van der Waals surface area contributed by atoms with Crippen LogP contribution in [0.5, 0.6) is 0 Å². The molecular weight excluding hydrogens is 729 g/mol. The third-order valence-electron chi connectivity index (χ3n) is 11.0. The number of rotatable bonds is 8. The maximum Gasteiger partial charge on any atom is 0.164 e. The average Bonchev–Trinajstić information content (AvgIpc) is 3.34. The summed E-state index contributed by atoms with van der Waals surface area (Å²) in [6.45, 7) is 0. The predicted octanol–water partition coefficient (Wildman–Crippen LogP) is 14.2. The number of fused-ring (bicyclic) bond motifs is 1. The van der Waals surface area contributed by atoms with Crippen molar-refractivity contribution in [1.29, 1.82) is 5.26 Å². The summed E-state index contributed by atoms with van der Waals surface area (Å²) in [7, 11) is 0. The van der Waals surface area contributed by atoms with Gasteiger partial charge in [-0.25, -0.2) is 15.0 Å². The summed E-state index contributed by atoms with van der Waals surface area (Å²) in [4.78, 5) is 15.4. The molecule has 0 N–H and O–H groups in total. The molecule has 10 rings (SSSR count). The summed E-state index contributed by atoms with van der Waals surface area (Å²) < 4.78 is 0. The number of aromatic nitrogens is 3. The molecule has 60 heavy (non-hydrogen) atoms. The summed E-state index contributed by atoms with van der Waals surface area (Å²) in [6.07, 6.45) is 0. The third kappa shape index (κ3) is 7.24. The van der Waals surface area contributed by atoms with Gasteiger partial charge in [0.15, 0.2) is 17.5 Å². The minimum atomic E-state index is 0.577. The van der Waals surface area contributed by atoms with Crippen LogP contribution in [-0.2, 0) is 0 Å². The van der Waals surface area contributed by atoms with Crippen molar-refractivity contribution in [3.05, 3.63) is 224 Å². The monoisotopic (exact) mass is 764 g/mol. The van der Waals surface area contributed by atoms with Crippen molar-refractivity contribution in [3.63, 3.8) is 0 Å². The van der Waals surface area contributed by atoms with Crippen LogP contribution in [0.2, 0.25) is 0 Å². The lowest BCUT2D eigenvalue weighted by Gasteiger charge is -2.17. The normalized spacial score (nSPS) is 11.0. The average molecular weight is 765 g/mol. The highest BCUT2D eigenvalue weighted by molar-refractivity contribution is 5.98. The Kier molecular flexibility index (Phi) is 9.59. The summed E-state index contributed by atoms with van der Waals surface area (Å²) in [5.74, 6) is 1.75. The second-order valence-corrected chi connectivity index (χ2v) is 14.8. The Morgan fingerprint density at radius 3 is 1.40 bits per heavy atom. The van der Waals surface area contributed by atoms with Crippen LogP contribution in [0.1, 0.15) is 5.56 Å². The van der Waals surface area contributed by atoms with E-state index in [1.807, 2.05) is 42.5 Å². The lowest BCUT2D eigenvalue weighted by molar-refractivity contribution is 1.07.